The van der Waals surface area contributed by atoms with Crippen LogP contribution >= 0.6 is 11.6 Å². The lowest BCUT2D eigenvalue weighted by Crippen LogP contribution is -2.45. The van der Waals surface area contributed by atoms with Gasteiger partial charge in [-0.25, -0.2) is 4.79 Å². The van der Waals surface area contributed by atoms with Crippen LogP contribution < -0.4 is 14.8 Å². The Hall–Kier alpha value is -2.73. The van der Waals surface area contributed by atoms with Gasteiger partial charge in [0.25, 0.3) is 5.91 Å². The minimum absolute atomic E-state index is 0.0730. The summed E-state index contributed by atoms with van der Waals surface area (Å²) in [4.78, 5) is 24.9. The highest BCUT2D eigenvalue weighted by molar-refractivity contribution is 6.30. The molecular formula is C22H26ClNO5. The van der Waals surface area contributed by atoms with Crippen LogP contribution in [0.25, 0.3) is 0 Å². The van der Waals surface area contributed by atoms with Crippen molar-refractivity contribution in [2.75, 3.05) is 19.8 Å². The normalized spacial score (nSPS) is 11.6. The lowest BCUT2D eigenvalue weighted by Gasteiger charge is -2.21. The van der Waals surface area contributed by atoms with E-state index in [2.05, 4.69) is 5.32 Å². The van der Waals surface area contributed by atoms with Crippen LogP contribution in [0, 0.1) is 5.92 Å². The van der Waals surface area contributed by atoms with Gasteiger partial charge in [-0.15, -0.1) is 0 Å². The predicted octanol–water partition coefficient (Wildman–Crippen LogP) is 4.12. The third-order valence-electron chi connectivity index (χ3n) is 4.04. The van der Waals surface area contributed by atoms with E-state index in [-0.39, 0.29) is 25.0 Å². The Morgan fingerprint density at radius 3 is 2.10 bits per heavy atom. The number of hydrogen-bond donors (Lipinski definition) is 1. The zero-order valence-corrected chi connectivity index (χ0v) is 17.6. The third-order valence-corrected chi connectivity index (χ3v) is 4.30. The average Bonchev–Trinajstić information content (AvgIpc) is 2.71. The maximum atomic E-state index is 12.5. The van der Waals surface area contributed by atoms with Gasteiger partial charge < -0.3 is 19.5 Å². The van der Waals surface area contributed by atoms with Gasteiger partial charge in [0.2, 0.25) is 0 Å². The molecule has 0 saturated carbocycles. The Bertz CT molecular complexity index is 790. The fourth-order valence-corrected chi connectivity index (χ4v) is 2.64. The van der Waals surface area contributed by atoms with Crippen LogP contribution in [0.4, 0.5) is 0 Å². The molecule has 1 amide bonds. The van der Waals surface area contributed by atoms with Crippen LogP contribution in [-0.4, -0.2) is 37.7 Å². The first-order chi connectivity index (χ1) is 13.9. The highest BCUT2D eigenvalue weighted by Crippen LogP contribution is 2.16. The topological polar surface area (TPSA) is 73.9 Å². The molecule has 0 heterocycles. The lowest BCUT2D eigenvalue weighted by atomic mass is 10.0. The first-order valence-electron chi connectivity index (χ1n) is 9.49. The fourth-order valence-electron chi connectivity index (χ4n) is 2.51. The Balaban J connectivity index is 1.84. The number of halogens is 1. The van der Waals surface area contributed by atoms with Crippen LogP contribution in [0.2, 0.25) is 5.02 Å². The van der Waals surface area contributed by atoms with E-state index < -0.39 is 12.0 Å². The van der Waals surface area contributed by atoms with E-state index in [9.17, 15) is 9.59 Å². The molecule has 29 heavy (non-hydrogen) atoms. The highest BCUT2D eigenvalue weighted by atomic mass is 35.5. The van der Waals surface area contributed by atoms with Crippen molar-refractivity contribution in [2.45, 2.75) is 26.8 Å². The van der Waals surface area contributed by atoms with Crippen molar-refractivity contribution in [3.05, 3.63) is 59.1 Å². The molecule has 0 radical (unpaired) electrons. The number of ether oxygens (including phenoxy) is 3. The number of benzene rings is 2. The van der Waals surface area contributed by atoms with E-state index >= 15 is 0 Å². The molecule has 0 fully saturated rings. The Morgan fingerprint density at radius 2 is 1.52 bits per heavy atom. The van der Waals surface area contributed by atoms with Crippen LogP contribution in [0.1, 0.15) is 31.1 Å². The molecule has 0 saturated heterocycles. The maximum Gasteiger partial charge on any atom is 0.329 e. The molecule has 0 aromatic heterocycles. The highest BCUT2D eigenvalue weighted by Gasteiger charge is 2.26. The number of hydrogen-bond acceptors (Lipinski definition) is 5. The van der Waals surface area contributed by atoms with Gasteiger partial charge in [0, 0.05) is 10.6 Å². The molecule has 0 aliphatic rings. The summed E-state index contributed by atoms with van der Waals surface area (Å²) in [6.07, 6.45) is 0. The molecule has 2 rings (SSSR count). The molecule has 0 unspecified atom stereocenters. The molecule has 1 atom stereocenters. The summed E-state index contributed by atoms with van der Waals surface area (Å²) in [6.45, 7) is 6.40. The molecule has 0 aliphatic carbocycles. The second-order valence-electron chi connectivity index (χ2n) is 6.62. The molecular weight excluding hydrogens is 394 g/mol. The first-order valence-corrected chi connectivity index (χ1v) is 9.87. The summed E-state index contributed by atoms with van der Waals surface area (Å²) in [5.74, 6) is 0.339. The van der Waals surface area contributed by atoms with E-state index in [4.69, 9.17) is 25.8 Å². The number of esters is 1. The lowest BCUT2D eigenvalue weighted by molar-refractivity contribution is -0.147. The largest absolute Gasteiger partial charge is 0.494 e. The van der Waals surface area contributed by atoms with Crippen molar-refractivity contribution in [1.29, 1.82) is 0 Å². The van der Waals surface area contributed by atoms with Crippen molar-refractivity contribution in [1.82, 2.24) is 5.32 Å². The molecule has 0 bridgehead atoms. The minimum Gasteiger partial charge on any atom is -0.494 e. The van der Waals surface area contributed by atoms with Crippen molar-refractivity contribution < 1.29 is 23.8 Å². The second-order valence-corrected chi connectivity index (χ2v) is 7.06. The van der Waals surface area contributed by atoms with Gasteiger partial charge in [-0.3, -0.25) is 4.79 Å². The second kappa shape index (κ2) is 11.3. The van der Waals surface area contributed by atoms with E-state index in [0.29, 0.717) is 28.7 Å². The molecule has 2 aromatic carbocycles. The van der Waals surface area contributed by atoms with Crippen LogP contribution in [0.5, 0.6) is 11.5 Å². The van der Waals surface area contributed by atoms with Crippen molar-refractivity contribution in [2.24, 2.45) is 5.92 Å². The van der Waals surface area contributed by atoms with E-state index in [1.165, 1.54) is 0 Å². The predicted molar refractivity (Wildman–Crippen MR) is 112 cm³/mol. The van der Waals surface area contributed by atoms with E-state index in [1.807, 2.05) is 20.8 Å². The molecule has 7 heteroatoms. The van der Waals surface area contributed by atoms with Gasteiger partial charge in [-0.2, -0.15) is 0 Å². The molecule has 1 N–H and O–H groups in total. The van der Waals surface area contributed by atoms with Crippen LogP contribution in [0.3, 0.4) is 0 Å². The van der Waals surface area contributed by atoms with Crippen molar-refractivity contribution >= 4 is 23.5 Å². The maximum absolute atomic E-state index is 12.5. The summed E-state index contributed by atoms with van der Waals surface area (Å²) in [7, 11) is 0. The Morgan fingerprint density at radius 1 is 0.931 bits per heavy atom. The number of carbonyl (C=O) groups excluding carboxylic acids is 2. The quantitative estimate of drug-likeness (QED) is 0.463. The first kappa shape index (κ1) is 22.6. The Kier molecular flexibility index (Phi) is 8.80. The van der Waals surface area contributed by atoms with Gasteiger partial charge in [0.05, 0.1) is 6.61 Å². The minimum atomic E-state index is -0.760. The number of carbonyl (C=O) groups is 2. The summed E-state index contributed by atoms with van der Waals surface area (Å²) in [5, 5.41) is 3.36. The monoisotopic (exact) mass is 419 g/mol. The van der Waals surface area contributed by atoms with Crippen molar-refractivity contribution in [3.63, 3.8) is 0 Å². The van der Waals surface area contributed by atoms with Crippen molar-refractivity contribution in [3.8, 4) is 11.5 Å². The fraction of sp³-hybridized carbons (Fsp3) is 0.364. The summed E-state index contributed by atoms with van der Waals surface area (Å²) in [5.41, 5.74) is 0.443. The smallest absolute Gasteiger partial charge is 0.329 e. The van der Waals surface area contributed by atoms with Gasteiger partial charge in [0.1, 0.15) is 30.8 Å². The van der Waals surface area contributed by atoms with E-state index in [1.54, 1.807) is 48.5 Å². The molecule has 2 aromatic rings. The number of nitrogens with one attached hydrogen (secondary N) is 1. The summed E-state index contributed by atoms with van der Waals surface area (Å²) < 4.78 is 16.1. The molecule has 0 aliphatic heterocycles. The summed E-state index contributed by atoms with van der Waals surface area (Å²) in [6, 6.07) is 12.9. The van der Waals surface area contributed by atoms with Gasteiger partial charge >= 0.3 is 5.97 Å². The van der Waals surface area contributed by atoms with Gasteiger partial charge in [-0.1, -0.05) is 25.4 Å². The van der Waals surface area contributed by atoms with Gasteiger partial charge in [-0.05, 0) is 61.4 Å². The Labute approximate surface area is 176 Å². The summed E-state index contributed by atoms with van der Waals surface area (Å²) >= 11 is 5.82. The molecule has 156 valence electrons. The number of rotatable bonds is 10. The van der Waals surface area contributed by atoms with E-state index in [0.717, 1.165) is 0 Å². The number of amides is 1. The zero-order chi connectivity index (χ0) is 21.2. The average molecular weight is 420 g/mol. The zero-order valence-electron chi connectivity index (χ0n) is 16.8. The van der Waals surface area contributed by atoms with Gasteiger partial charge in [0.15, 0.2) is 0 Å². The SMILES string of the molecule is CCOc1ccc(C(=O)N[C@H](C(=O)OCCOc2ccc(Cl)cc2)C(C)C)cc1. The standard InChI is InChI=1S/C22H26ClNO5/c1-4-27-18-9-5-16(6-10-18)21(25)24-20(15(2)3)22(26)29-14-13-28-19-11-7-17(23)8-12-19/h5-12,15,20H,4,13-14H2,1-3H3,(H,24,25)/t20-/m0/s1. The molecule has 6 nitrogen and oxygen atoms in total. The third kappa shape index (κ3) is 7.31. The molecule has 0 spiro atoms. The van der Waals surface area contributed by atoms with Crippen LogP contribution in [0.15, 0.2) is 48.5 Å². The van der Waals surface area contributed by atoms with Crippen LogP contribution in [-0.2, 0) is 9.53 Å².